The Labute approximate surface area is 152 Å². The lowest BCUT2D eigenvalue weighted by molar-refractivity contribution is -0.118. The van der Waals surface area contributed by atoms with Crippen molar-refractivity contribution >= 4 is 17.5 Å². The summed E-state index contributed by atoms with van der Waals surface area (Å²) in [5.74, 6) is 0.0328. The van der Waals surface area contributed by atoms with Gasteiger partial charge in [0.05, 0.1) is 12.6 Å². The molecule has 134 valence electrons. The maximum absolute atomic E-state index is 13.1. The van der Waals surface area contributed by atoms with Gasteiger partial charge < -0.3 is 14.9 Å². The largest absolute Gasteiger partial charge is 0.394 e. The van der Waals surface area contributed by atoms with E-state index in [1.165, 1.54) is 5.56 Å². The molecular formula is C21H22N2O3. The number of aryl methyl sites for hydroxylation is 1. The molecule has 1 N–H and O–H groups in total. The first-order valence-corrected chi connectivity index (χ1v) is 8.99. The highest BCUT2D eigenvalue weighted by atomic mass is 16.3. The van der Waals surface area contributed by atoms with E-state index in [9.17, 15) is 14.7 Å². The van der Waals surface area contributed by atoms with Gasteiger partial charge in [0.15, 0.2) is 0 Å². The van der Waals surface area contributed by atoms with E-state index in [1.54, 1.807) is 22.9 Å². The van der Waals surface area contributed by atoms with Gasteiger partial charge in [-0.15, -0.1) is 0 Å². The van der Waals surface area contributed by atoms with Gasteiger partial charge in [0.1, 0.15) is 0 Å². The van der Waals surface area contributed by atoms with Crippen molar-refractivity contribution in [2.45, 2.75) is 25.3 Å². The van der Waals surface area contributed by atoms with E-state index in [1.807, 2.05) is 30.3 Å². The van der Waals surface area contributed by atoms with Gasteiger partial charge in [-0.25, -0.2) is 0 Å². The molecule has 2 aromatic carbocycles. The molecule has 0 spiro atoms. The molecule has 2 aromatic rings. The van der Waals surface area contributed by atoms with Crippen molar-refractivity contribution in [3.8, 4) is 0 Å². The minimum atomic E-state index is -0.312. The first kappa shape index (κ1) is 16.8. The van der Waals surface area contributed by atoms with E-state index in [4.69, 9.17) is 0 Å². The van der Waals surface area contributed by atoms with Crippen LogP contribution in [0.15, 0.2) is 42.5 Å². The van der Waals surface area contributed by atoms with E-state index >= 15 is 0 Å². The third-order valence-electron chi connectivity index (χ3n) is 5.52. The summed E-state index contributed by atoms with van der Waals surface area (Å²) in [5, 5.41) is 9.92. The molecule has 2 amide bonds. The van der Waals surface area contributed by atoms with Gasteiger partial charge in [0.2, 0.25) is 5.91 Å². The van der Waals surface area contributed by atoms with Crippen LogP contribution in [0.1, 0.15) is 39.5 Å². The lowest BCUT2D eigenvalue weighted by Crippen LogP contribution is -2.41. The molecule has 2 aliphatic heterocycles. The van der Waals surface area contributed by atoms with Gasteiger partial charge in [-0.3, -0.25) is 9.59 Å². The second-order valence-corrected chi connectivity index (χ2v) is 6.94. The van der Waals surface area contributed by atoms with Crippen molar-refractivity contribution in [2.75, 3.05) is 25.1 Å². The quantitative estimate of drug-likeness (QED) is 0.904. The van der Waals surface area contributed by atoms with Crippen molar-refractivity contribution in [3.05, 3.63) is 64.7 Å². The van der Waals surface area contributed by atoms with E-state index < -0.39 is 0 Å². The molecule has 0 saturated carbocycles. The average Bonchev–Trinajstić information content (AvgIpc) is 2.69. The molecule has 1 atom stereocenters. The first-order chi connectivity index (χ1) is 12.6. The maximum Gasteiger partial charge on any atom is 0.254 e. The van der Waals surface area contributed by atoms with Crippen LogP contribution in [0.4, 0.5) is 5.69 Å². The molecule has 0 radical (unpaired) electrons. The van der Waals surface area contributed by atoms with Gasteiger partial charge >= 0.3 is 0 Å². The Bertz CT molecular complexity index is 877. The van der Waals surface area contributed by atoms with E-state index in [0.717, 1.165) is 23.2 Å². The number of nitrogens with zero attached hydrogens (tertiary/aromatic N) is 2. The second-order valence-electron chi connectivity index (χ2n) is 6.94. The van der Waals surface area contributed by atoms with Crippen LogP contribution in [-0.2, 0) is 17.6 Å². The van der Waals surface area contributed by atoms with E-state index in [0.29, 0.717) is 24.9 Å². The topological polar surface area (TPSA) is 60.9 Å². The fraction of sp³-hybridized carbons (Fsp3) is 0.333. The molecular weight excluding hydrogens is 328 g/mol. The van der Waals surface area contributed by atoms with Gasteiger partial charge in [0, 0.05) is 31.3 Å². The zero-order valence-electron chi connectivity index (χ0n) is 14.8. The van der Waals surface area contributed by atoms with Gasteiger partial charge in [-0.05, 0) is 47.7 Å². The number of hydrogen-bond acceptors (Lipinski definition) is 3. The Morgan fingerprint density at radius 1 is 1.12 bits per heavy atom. The monoisotopic (exact) mass is 350 g/mol. The Hall–Kier alpha value is -2.66. The van der Waals surface area contributed by atoms with Crippen molar-refractivity contribution in [3.63, 3.8) is 0 Å². The first-order valence-electron chi connectivity index (χ1n) is 8.99. The number of carbonyl (C=O) groups is 2. The molecule has 0 bridgehead atoms. The lowest BCUT2D eigenvalue weighted by Gasteiger charge is -2.36. The van der Waals surface area contributed by atoms with E-state index in [2.05, 4.69) is 6.07 Å². The molecule has 5 heteroatoms. The molecule has 5 nitrogen and oxygen atoms in total. The Balaban J connectivity index is 1.65. The molecule has 26 heavy (non-hydrogen) atoms. The number of carbonyl (C=O) groups excluding carboxylic acids is 2. The molecule has 0 aliphatic carbocycles. The highest BCUT2D eigenvalue weighted by molar-refractivity contribution is 5.99. The predicted molar refractivity (Wildman–Crippen MR) is 99.2 cm³/mol. The van der Waals surface area contributed by atoms with Crippen LogP contribution in [0.5, 0.6) is 0 Å². The summed E-state index contributed by atoms with van der Waals surface area (Å²) >= 11 is 0. The molecule has 1 unspecified atom stereocenters. The molecule has 0 fully saturated rings. The number of anilines is 1. The summed E-state index contributed by atoms with van der Waals surface area (Å²) in [6.45, 7) is 0.501. The minimum absolute atomic E-state index is 0.0686. The summed E-state index contributed by atoms with van der Waals surface area (Å²) in [4.78, 5) is 28.4. The van der Waals surface area contributed by atoms with Crippen LogP contribution in [0.3, 0.4) is 0 Å². The predicted octanol–water partition coefficient (Wildman–Crippen LogP) is 2.33. The summed E-state index contributed by atoms with van der Waals surface area (Å²) < 4.78 is 0. The highest BCUT2D eigenvalue weighted by Crippen LogP contribution is 2.32. The Morgan fingerprint density at radius 2 is 1.92 bits per heavy atom. The zero-order valence-corrected chi connectivity index (χ0v) is 14.8. The Kier molecular flexibility index (Phi) is 4.24. The number of amides is 2. The third kappa shape index (κ3) is 2.69. The smallest absolute Gasteiger partial charge is 0.254 e. The van der Waals surface area contributed by atoms with Crippen molar-refractivity contribution < 1.29 is 14.7 Å². The summed E-state index contributed by atoms with van der Waals surface area (Å²) in [7, 11) is 1.77. The van der Waals surface area contributed by atoms with Crippen LogP contribution in [-0.4, -0.2) is 42.0 Å². The molecule has 0 saturated heterocycles. The van der Waals surface area contributed by atoms with Crippen LogP contribution in [0.2, 0.25) is 0 Å². The van der Waals surface area contributed by atoms with Crippen LogP contribution in [0.25, 0.3) is 0 Å². The van der Waals surface area contributed by atoms with Crippen LogP contribution < -0.4 is 4.90 Å². The molecule has 2 heterocycles. The van der Waals surface area contributed by atoms with Crippen molar-refractivity contribution in [2.24, 2.45) is 0 Å². The average molecular weight is 350 g/mol. The Morgan fingerprint density at radius 3 is 2.73 bits per heavy atom. The van der Waals surface area contributed by atoms with Gasteiger partial charge in [0.25, 0.3) is 5.91 Å². The number of fused-ring (bicyclic) bond motifs is 2. The van der Waals surface area contributed by atoms with Crippen molar-refractivity contribution in [1.29, 1.82) is 0 Å². The summed E-state index contributed by atoms with van der Waals surface area (Å²) in [6.07, 6.45) is 1.92. The SMILES string of the molecule is CN1C(=O)CCc2cc(C(=O)N3CCc4ccccc4C3CO)ccc21. The standard InChI is InChI=1S/C21H22N2O3/c1-22-18-8-6-16(12-15(18)7-9-20(22)25)21(26)23-11-10-14-4-2-3-5-17(14)19(23)13-24/h2-6,8,12,19,24H,7,9-11,13H2,1H3. The number of benzene rings is 2. The van der Waals surface area contributed by atoms with Crippen LogP contribution in [0, 0.1) is 0 Å². The summed E-state index contributed by atoms with van der Waals surface area (Å²) in [6, 6.07) is 13.2. The molecule has 2 aliphatic rings. The fourth-order valence-electron chi connectivity index (χ4n) is 4.05. The minimum Gasteiger partial charge on any atom is -0.394 e. The fourth-order valence-corrected chi connectivity index (χ4v) is 4.05. The highest BCUT2D eigenvalue weighted by Gasteiger charge is 2.31. The normalized spacial score (nSPS) is 19.2. The van der Waals surface area contributed by atoms with Gasteiger partial charge in [-0.1, -0.05) is 24.3 Å². The molecule has 4 rings (SSSR count). The lowest BCUT2D eigenvalue weighted by atomic mass is 9.92. The number of aliphatic hydroxyl groups is 1. The number of rotatable bonds is 2. The zero-order chi connectivity index (χ0) is 18.3. The number of aliphatic hydroxyl groups excluding tert-OH is 1. The van der Waals surface area contributed by atoms with Gasteiger partial charge in [-0.2, -0.15) is 0 Å². The van der Waals surface area contributed by atoms with Crippen molar-refractivity contribution in [1.82, 2.24) is 4.90 Å². The summed E-state index contributed by atoms with van der Waals surface area (Å²) in [5.41, 5.74) is 4.74. The second kappa shape index (κ2) is 6.57. The third-order valence-corrected chi connectivity index (χ3v) is 5.52. The number of hydrogen-bond donors (Lipinski definition) is 1. The van der Waals surface area contributed by atoms with Crippen LogP contribution >= 0.6 is 0 Å². The molecule has 0 aromatic heterocycles. The van der Waals surface area contributed by atoms with E-state index in [-0.39, 0.29) is 24.5 Å². The maximum atomic E-state index is 13.1.